The summed E-state index contributed by atoms with van der Waals surface area (Å²) in [7, 11) is 0. The van der Waals surface area contributed by atoms with Gasteiger partial charge in [-0.05, 0) is 75.4 Å². The molecule has 0 radical (unpaired) electrons. The molecule has 0 aliphatic carbocycles. The molecule has 0 saturated carbocycles. The molecule has 0 unspecified atom stereocenters. The van der Waals surface area contributed by atoms with Gasteiger partial charge >= 0.3 is 0 Å². The van der Waals surface area contributed by atoms with Crippen LogP contribution in [0.25, 0.3) is 0 Å². The fourth-order valence-electron chi connectivity index (χ4n) is 4.44. The number of carbonyl (C=O) groups is 1. The van der Waals surface area contributed by atoms with Gasteiger partial charge in [0.05, 0.1) is 0 Å². The standard InChI is InChI=1S/C27H40N6O/c1-3-16-33(17-4-2)18-6-5-11-32-27(34)24-9-7-22(8-10-24)19-23(20-25-28-12-13-29-25)21-26-30-14-15-31-26/h7-10,12-15,23H,3-6,11,16-21H2,1-2H3,(H,28,29)(H,30,31)(H,32,34). The van der Waals surface area contributed by atoms with E-state index in [0.29, 0.717) is 5.92 Å². The van der Waals surface area contributed by atoms with Crippen LogP contribution in [0.5, 0.6) is 0 Å². The van der Waals surface area contributed by atoms with E-state index in [2.05, 4.69) is 56.1 Å². The van der Waals surface area contributed by atoms with Crippen LogP contribution < -0.4 is 5.32 Å². The average molecular weight is 465 g/mol. The summed E-state index contributed by atoms with van der Waals surface area (Å²) in [4.78, 5) is 30.3. The van der Waals surface area contributed by atoms with Crippen LogP contribution >= 0.6 is 0 Å². The topological polar surface area (TPSA) is 89.7 Å². The zero-order chi connectivity index (χ0) is 24.0. The summed E-state index contributed by atoms with van der Waals surface area (Å²) in [5.74, 6) is 2.34. The maximum absolute atomic E-state index is 12.6. The van der Waals surface area contributed by atoms with Crippen LogP contribution in [0.1, 0.15) is 67.1 Å². The Morgan fingerprint density at radius 1 is 0.882 bits per heavy atom. The van der Waals surface area contributed by atoms with Crippen molar-refractivity contribution in [3.63, 3.8) is 0 Å². The van der Waals surface area contributed by atoms with Crippen molar-refractivity contribution in [1.82, 2.24) is 30.2 Å². The molecule has 0 fully saturated rings. The van der Waals surface area contributed by atoms with Gasteiger partial charge in [-0.1, -0.05) is 26.0 Å². The Kier molecular flexibility index (Phi) is 10.8. The Balaban J connectivity index is 1.45. The molecule has 7 nitrogen and oxygen atoms in total. The summed E-state index contributed by atoms with van der Waals surface area (Å²) in [5.41, 5.74) is 1.93. The lowest BCUT2D eigenvalue weighted by atomic mass is 9.92. The maximum atomic E-state index is 12.6. The van der Waals surface area contributed by atoms with Crippen molar-refractivity contribution < 1.29 is 4.79 Å². The quantitative estimate of drug-likeness (QED) is 0.274. The molecule has 2 aromatic heterocycles. The number of aromatic nitrogens is 4. The molecule has 1 aromatic carbocycles. The number of aromatic amines is 2. The first-order chi connectivity index (χ1) is 16.7. The minimum Gasteiger partial charge on any atom is -0.352 e. The molecule has 0 aliphatic heterocycles. The second kappa shape index (κ2) is 14.4. The van der Waals surface area contributed by atoms with Gasteiger partial charge in [0.2, 0.25) is 0 Å². The smallest absolute Gasteiger partial charge is 0.251 e. The zero-order valence-electron chi connectivity index (χ0n) is 20.7. The number of hydrogen-bond donors (Lipinski definition) is 3. The predicted molar refractivity (Wildman–Crippen MR) is 137 cm³/mol. The van der Waals surface area contributed by atoms with Crippen molar-refractivity contribution in [2.75, 3.05) is 26.2 Å². The van der Waals surface area contributed by atoms with Crippen LogP contribution in [0, 0.1) is 5.92 Å². The average Bonchev–Trinajstić information content (AvgIpc) is 3.54. The number of benzene rings is 1. The molecule has 3 aromatic rings. The Bertz CT molecular complexity index is 878. The first-order valence-electron chi connectivity index (χ1n) is 12.7. The fourth-order valence-corrected chi connectivity index (χ4v) is 4.44. The number of nitrogens with one attached hydrogen (secondary N) is 3. The van der Waals surface area contributed by atoms with Gasteiger partial charge < -0.3 is 20.2 Å². The Labute approximate surface area is 203 Å². The van der Waals surface area contributed by atoms with Gasteiger partial charge in [0.1, 0.15) is 11.6 Å². The Morgan fingerprint density at radius 2 is 1.50 bits per heavy atom. The Morgan fingerprint density at radius 3 is 2.03 bits per heavy atom. The second-order valence-corrected chi connectivity index (χ2v) is 9.05. The van der Waals surface area contributed by atoms with Crippen molar-refractivity contribution in [3.05, 3.63) is 71.8 Å². The second-order valence-electron chi connectivity index (χ2n) is 9.05. The highest BCUT2D eigenvalue weighted by molar-refractivity contribution is 5.94. The Hall–Kier alpha value is -2.93. The van der Waals surface area contributed by atoms with E-state index in [9.17, 15) is 4.79 Å². The third-order valence-corrected chi connectivity index (χ3v) is 6.08. The fraction of sp³-hybridized carbons (Fsp3) is 0.519. The monoisotopic (exact) mass is 464 g/mol. The molecule has 184 valence electrons. The van der Waals surface area contributed by atoms with E-state index in [1.807, 2.05) is 24.5 Å². The summed E-state index contributed by atoms with van der Waals surface area (Å²) in [6.45, 7) is 8.62. The van der Waals surface area contributed by atoms with E-state index in [0.717, 1.165) is 75.5 Å². The van der Waals surface area contributed by atoms with Crippen molar-refractivity contribution in [3.8, 4) is 0 Å². The lowest BCUT2D eigenvalue weighted by molar-refractivity contribution is 0.0952. The van der Waals surface area contributed by atoms with Crippen LogP contribution in [0.2, 0.25) is 0 Å². The van der Waals surface area contributed by atoms with Gasteiger partial charge in [0.25, 0.3) is 5.91 Å². The van der Waals surface area contributed by atoms with Crippen molar-refractivity contribution in [2.45, 2.75) is 58.8 Å². The SMILES string of the molecule is CCCN(CCC)CCCCNC(=O)c1ccc(CC(Cc2ncc[nH]2)Cc2ncc[nH]2)cc1. The van der Waals surface area contributed by atoms with E-state index >= 15 is 0 Å². The number of rotatable bonds is 16. The number of unbranched alkanes of at least 4 members (excludes halogenated alkanes) is 1. The number of hydrogen-bond acceptors (Lipinski definition) is 4. The minimum absolute atomic E-state index is 0.00763. The van der Waals surface area contributed by atoms with Crippen molar-refractivity contribution in [2.24, 2.45) is 5.92 Å². The van der Waals surface area contributed by atoms with Crippen molar-refractivity contribution >= 4 is 5.91 Å². The maximum Gasteiger partial charge on any atom is 0.251 e. The highest BCUT2D eigenvalue weighted by Crippen LogP contribution is 2.17. The number of imidazole rings is 2. The summed E-state index contributed by atoms with van der Waals surface area (Å²) in [6, 6.07) is 8.01. The molecule has 7 heteroatoms. The molecule has 0 aliphatic rings. The third-order valence-electron chi connectivity index (χ3n) is 6.08. The normalized spacial score (nSPS) is 11.4. The number of amides is 1. The molecular formula is C27H40N6O. The molecule has 0 bridgehead atoms. The molecular weight excluding hydrogens is 424 g/mol. The first kappa shape index (κ1) is 25.7. The molecule has 3 rings (SSSR count). The summed E-state index contributed by atoms with van der Waals surface area (Å²) in [5, 5.41) is 3.07. The molecule has 0 spiro atoms. The van der Waals surface area contributed by atoms with Gasteiger partial charge in [-0.3, -0.25) is 4.79 Å². The van der Waals surface area contributed by atoms with Gasteiger partial charge in [0.15, 0.2) is 0 Å². The molecule has 3 N–H and O–H groups in total. The van der Waals surface area contributed by atoms with Crippen LogP contribution in [0.4, 0.5) is 0 Å². The van der Waals surface area contributed by atoms with E-state index in [1.165, 1.54) is 18.4 Å². The van der Waals surface area contributed by atoms with Gasteiger partial charge in [-0.15, -0.1) is 0 Å². The molecule has 0 saturated heterocycles. The molecule has 1 amide bonds. The lowest BCUT2D eigenvalue weighted by Crippen LogP contribution is -2.28. The summed E-state index contributed by atoms with van der Waals surface area (Å²) < 4.78 is 0. The number of carbonyl (C=O) groups excluding carboxylic acids is 1. The van der Waals surface area contributed by atoms with Crippen LogP contribution in [0.3, 0.4) is 0 Å². The highest BCUT2D eigenvalue weighted by atomic mass is 16.1. The van der Waals surface area contributed by atoms with Crippen LogP contribution in [0.15, 0.2) is 49.1 Å². The van der Waals surface area contributed by atoms with E-state index in [1.54, 1.807) is 12.4 Å². The minimum atomic E-state index is 0.00763. The van der Waals surface area contributed by atoms with E-state index in [4.69, 9.17) is 0 Å². The van der Waals surface area contributed by atoms with Gasteiger partial charge in [-0.2, -0.15) is 0 Å². The molecule has 2 heterocycles. The largest absolute Gasteiger partial charge is 0.352 e. The third kappa shape index (κ3) is 8.78. The zero-order valence-corrected chi connectivity index (χ0v) is 20.7. The lowest BCUT2D eigenvalue weighted by Gasteiger charge is -2.20. The number of nitrogens with zero attached hydrogens (tertiary/aromatic N) is 3. The van der Waals surface area contributed by atoms with Gasteiger partial charge in [0, 0.05) is 49.7 Å². The number of H-pyrrole nitrogens is 2. The van der Waals surface area contributed by atoms with Crippen molar-refractivity contribution in [1.29, 1.82) is 0 Å². The van der Waals surface area contributed by atoms with E-state index in [-0.39, 0.29) is 5.91 Å². The molecule has 34 heavy (non-hydrogen) atoms. The van der Waals surface area contributed by atoms with Crippen LogP contribution in [-0.2, 0) is 19.3 Å². The van der Waals surface area contributed by atoms with Crippen LogP contribution in [-0.4, -0.2) is 56.9 Å². The molecule has 0 atom stereocenters. The van der Waals surface area contributed by atoms with Gasteiger partial charge in [-0.25, -0.2) is 9.97 Å². The first-order valence-corrected chi connectivity index (χ1v) is 12.7. The summed E-state index contributed by atoms with van der Waals surface area (Å²) in [6.07, 6.45) is 14.4. The summed E-state index contributed by atoms with van der Waals surface area (Å²) >= 11 is 0. The predicted octanol–water partition coefficient (Wildman–Crippen LogP) is 4.41. The highest BCUT2D eigenvalue weighted by Gasteiger charge is 2.15. The van der Waals surface area contributed by atoms with E-state index < -0.39 is 0 Å².